The van der Waals surface area contributed by atoms with Crippen molar-refractivity contribution >= 4 is 11.6 Å². The van der Waals surface area contributed by atoms with Crippen LogP contribution >= 0.6 is 0 Å². The van der Waals surface area contributed by atoms with Crippen LogP contribution in [-0.2, 0) is 13.0 Å². The molecule has 6 nitrogen and oxygen atoms in total. The molecule has 144 valence electrons. The van der Waals surface area contributed by atoms with Gasteiger partial charge in [-0.25, -0.2) is 0 Å². The Morgan fingerprint density at radius 1 is 1.04 bits per heavy atom. The van der Waals surface area contributed by atoms with Gasteiger partial charge in [-0.1, -0.05) is 12.1 Å². The minimum Gasteiger partial charge on any atom is -0.497 e. The van der Waals surface area contributed by atoms with E-state index in [1.54, 1.807) is 43.8 Å². The molecule has 1 N–H and O–H groups in total. The molecule has 2 aromatic heterocycles. The van der Waals surface area contributed by atoms with Crippen molar-refractivity contribution < 1.29 is 9.53 Å². The number of amides is 1. The molecule has 0 aliphatic rings. The number of carbonyl (C=O) groups excluding carboxylic acids is 1. The van der Waals surface area contributed by atoms with Gasteiger partial charge in [-0.2, -0.15) is 0 Å². The number of benzene rings is 1. The molecule has 1 aromatic carbocycles. The second-order valence-corrected chi connectivity index (χ2v) is 6.50. The van der Waals surface area contributed by atoms with Crippen LogP contribution in [0.3, 0.4) is 0 Å². The van der Waals surface area contributed by atoms with E-state index in [1.165, 1.54) is 0 Å². The number of pyridine rings is 2. The monoisotopic (exact) mass is 376 g/mol. The molecule has 0 aliphatic carbocycles. The Bertz CT molecular complexity index is 898. The minimum atomic E-state index is -0.0466. The van der Waals surface area contributed by atoms with Gasteiger partial charge in [0.05, 0.1) is 18.4 Å². The molecule has 3 rings (SSSR count). The molecule has 0 unspecified atom stereocenters. The van der Waals surface area contributed by atoms with Crippen LogP contribution in [0.1, 0.15) is 21.5 Å². The van der Waals surface area contributed by atoms with Crippen molar-refractivity contribution in [3.05, 3.63) is 83.9 Å². The first kappa shape index (κ1) is 19.4. The van der Waals surface area contributed by atoms with Gasteiger partial charge in [0.15, 0.2) is 0 Å². The average molecular weight is 376 g/mol. The van der Waals surface area contributed by atoms with Crippen LogP contribution in [0, 0.1) is 0 Å². The van der Waals surface area contributed by atoms with Crippen LogP contribution in [0.25, 0.3) is 0 Å². The summed E-state index contributed by atoms with van der Waals surface area (Å²) in [6, 6.07) is 13.6. The highest BCUT2D eigenvalue weighted by Gasteiger charge is 2.12. The molecule has 3 aromatic rings. The zero-order valence-corrected chi connectivity index (χ0v) is 16.1. The average Bonchev–Trinajstić information content (AvgIpc) is 2.76. The topological polar surface area (TPSA) is 67.3 Å². The number of hydrogen-bond acceptors (Lipinski definition) is 5. The van der Waals surface area contributed by atoms with E-state index in [9.17, 15) is 4.79 Å². The number of carbonyl (C=O) groups is 1. The van der Waals surface area contributed by atoms with E-state index < -0.39 is 0 Å². The molecule has 6 heteroatoms. The highest BCUT2D eigenvalue weighted by Crippen LogP contribution is 2.15. The largest absolute Gasteiger partial charge is 0.497 e. The lowest BCUT2D eigenvalue weighted by atomic mass is 10.1. The maximum atomic E-state index is 12.7. The molecule has 0 bridgehead atoms. The lowest BCUT2D eigenvalue weighted by molar-refractivity contribution is 0.0796. The minimum absolute atomic E-state index is 0.0466. The molecular weight excluding hydrogens is 352 g/mol. The van der Waals surface area contributed by atoms with E-state index >= 15 is 0 Å². The van der Waals surface area contributed by atoms with Gasteiger partial charge in [0.1, 0.15) is 5.75 Å². The van der Waals surface area contributed by atoms with E-state index in [0.29, 0.717) is 18.7 Å². The second-order valence-electron chi connectivity index (χ2n) is 6.50. The Hall–Kier alpha value is -3.41. The van der Waals surface area contributed by atoms with Gasteiger partial charge >= 0.3 is 0 Å². The highest BCUT2D eigenvalue weighted by molar-refractivity contribution is 5.94. The van der Waals surface area contributed by atoms with E-state index in [-0.39, 0.29) is 5.91 Å². The summed E-state index contributed by atoms with van der Waals surface area (Å²) < 4.78 is 5.17. The Morgan fingerprint density at radius 2 is 1.79 bits per heavy atom. The first-order valence-electron chi connectivity index (χ1n) is 9.12. The molecule has 28 heavy (non-hydrogen) atoms. The molecule has 1 amide bonds. The number of nitrogens with zero attached hydrogens (tertiary/aromatic N) is 3. The van der Waals surface area contributed by atoms with Crippen LogP contribution in [0.5, 0.6) is 5.75 Å². The Morgan fingerprint density at radius 3 is 2.50 bits per heavy atom. The number of hydrogen-bond donors (Lipinski definition) is 1. The highest BCUT2D eigenvalue weighted by atomic mass is 16.5. The standard InChI is InChI=1S/C22H24N4O2/c1-26(12-9-17-7-10-23-11-8-17)22(27)19-13-20(16-24-15-19)25-14-18-3-5-21(28-2)6-4-18/h3-8,10-11,13,15-16,25H,9,12,14H2,1-2H3. The second kappa shape index (κ2) is 9.50. The molecular formula is C22H24N4O2. The lowest BCUT2D eigenvalue weighted by Gasteiger charge is -2.17. The SMILES string of the molecule is COc1ccc(CNc2cncc(C(=O)N(C)CCc3ccncc3)c2)cc1. The molecule has 0 fully saturated rings. The van der Waals surface area contributed by atoms with Gasteiger partial charge in [-0.3, -0.25) is 14.8 Å². The molecule has 0 aliphatic heterocycles. The smallest absolute Gasteiger partial charge is 0.255 e. The predicted octanol–water partition coefficient (Wildman–Crippen LogP) is 3.41. The van der Waals surface area contributed by atoms with E-state index in [2.05, 4.69) is 15.3 Å². The Kier molecular flexibility index (Phi) is 6.57. The summed E-state index contributed by atoms with van der Waals surface area (Å²) in [6.07, 6.45) is 7.63. The number of rotatable bonds is 8. The van der Waals surface area contributed by atoms with Crippen molar-refractivity contribution in [1.82, 2.24) is 14.9 Å². The number of aromatic nitrogens is 2. The van der Waals surface area contributed by atoms with Crippen molar-refractivity contribution in [2.75, 3.05) is 26.0 Å². The summed E-state index contributed by atoms with van der Waals surface area (Å²) in [5, 5.41) is 3.31. The maximum absolute atomic E-state index is 12.7. The van der Waals surface area contributed by atoms with Crippen molar-refractivity contribution in [2.24, 2.45) is 0 Å². The van der Waals surface area contributed by atoms with Crippen LogP contribution in [0.2, 0.25) is 0 Å². The summed E-state index contributed by atoms with van der Waals surface area (Å²) in [7, 11) is 3.45. The van der Waals surface area contributed by atoms with Crippen molar-refractivity contribution in [3.63, 3.8) is 0 Å². The normalized spacial score (nSPS) is 10.4. The van der Waals surface area contributed by atoms with Crippen molar-refractivity contribution in [3.8, 4) is 5.75 Å². The number of anilines is 1. The first-order chi connectivity index (χ1) is 13.7. The molecule has 0 saturated carbocycles. The van der Waals surface area contributed by atoms with Gasteiger partial charge in [-0.05, 0) is 47.9 Å². The first-order valence-corrected chi connectivity index (χ1v) is 9.12. The number of nitrogens with one attached hydrogen (secondary N) is 1. The van der Waals surface area contributed by atoms with Crippen LogP contribution < -0.4 is 10.1 Å². The fourth-order valence-corrected chi connectivity index (χ4v) is 2.77. The summed E-state index contributed by atoms with van der Waals surface area (Å²) in [4.78, 5) is 22.6. The van der Waals surface area contributed by atoms with Gasteiger partial charge < -0.3 is 15.0 Å². The number of methoxy groups -OCH3 is 1. The zero-order chi connectivity index (χ0) is 19.8. The predicted molar refractivity (Wildman–Crippen MR) is 109 cm³/mol. The molecule has 0 radical (unpaired) electrons. The van der Waals surface area contributed by atoms with Gasteiger partial charge in [0, 0.05) is 44.9 Å². The van der Waals surface area contributed by atoms with Crippen molar-refractivity contribution in [1.29, 1.82) is 0 Å². The van der Waals surface area contributed by atoms with Gasteiger partial charge in [0.25, 0.3) is 5.91 Å². The van der Waals surface area contributed by atoms with Crippen LogP contribution in [0.15, 0.2) is 67.3 Å². The molecule has 0 atom stereocenters. The third-order valence-corrected chi connectivity index (χ3v) is 4.47. The van der Waals surface area contributed by atoms with Gasteiger partial charge in [-0.15, -0.1) is 0 Å². The third-order valence-electron chi connectivity index (χ3n) is 4.47. The van der Waals surface area contributed by atoms with Gasteiger partial charge in [0.2, 0.25) is 0 Å². The Balaban J connectivity index is 1.57. The molecule has 2 heterocycles. The third kappa shape index (κ3) is 5.30. The zero-order valence-electron chi connectivity index (χ0n) is 16.1. The fourth-order valence-electron chi connectivity index (χ4n) is 2.77. The number of ether oxygens (including phenoxy) is 1. The Labute approximate surface area is 165 Å². The molecule has 0 spiro atoms. The van der Waals surface area contributed by atoms with Crippen LogP contribution in [-0.4, -0.2) is 41.5 Å². The van der Waals surface area contributed by atoms with E-state index in [1.807, 2.05) is 42.5 Å². The van der Waals surface area contributed by atoms with E-state index in [4.69, 9.17) is 4.74 Å². The maximum Gasteiger partial charge on any atom is 0.255 e. The van der Waals surface area contributed by atoms with Crippen LogP contribution in [0.4, 0.5) is 5.69 Å². The quantitative estimate of drug-likeness (QED) is 0.653. The molecule has 0 saturated heterocycles. The summed E-state index contributed by atoms with van der Waals surface area (Å²) in [6.45, 7) is 1.27. The fraction of sp³-hybridized carbons (Fsp3) is 0.227. The van der Waals surface area contributed by atoms with E-state index in [0.717, 1.165) is 29.0 Å². The lowest BCUT2D eigenvalue weighted by Crippen LogP contribution is -2.29. The summed E-state index contributed by atoms with van der Waals surface area (Å²) in [5.74, 6) is 0.780. The number of likely N-dealkylation sites (N-methyl/N-ethyl adjacent to an activating group) is 1. The summed E-state index contributed by atoms with van der Waals surface area (Å²) in [5.41, 5.74) is 3.65. The van der Waals surface area contributed by atoms with Crippen molar-refractivity contribution in [2.45, 2.75) is 13.0 Å². The summed E-state index contributed by atoms with van der Waals surface area (Å²) >= 11 is 0.